The fourth-order valence-corrected chi connectivity index (χ4v) is 11.3. The average Bonchev–Trinajstić information content (AvgIpc) is 4.27. The molecule has 0 fully saturated rings. The van der Waals surface area contributed by atoms with Crippen molar-refractivity contribution in [2.75, 3.05) is 26.8 Å². The number of benzene rings is 2. The molecule has 0 spiro atoms. The molecule has 0 radical (unpaired) electrons. The summed E-state index contributed by atoms with van der Waals surface area (Å²) in [5, 5.41) is 16.4. The van der Waals surface area contributed by atoms with Crippen LogP contribution in [0.2, 0.25) is 0 Å². The van der Waals surface area contributed by atoms with E-state index in [0.29, 0.717) is 65.0 Å². The van der Waals surface area contributed by atoms with Crippen LogP contribution < -0.4 is 21.7 Å². The third kappa shape index (κ3) is 21.0. The Morgan fingerprint density at radius 2 is 0.961 bits per heavy atom. The molecule has 6 aromatic rings. The summed E-state index contributed by atoms with van der Waals surface area (Å²) in [5.41, 5.74) is 8.98. The molecular weight excluding hydrogens is 1060 g/mol. The van der Waals surface area contributed by atoms with Crippen molar-refractivity contribution in [2.45, 2.75) is 135 Å². The van der Waals surface area contributed by atoms with Gasteiger partial charge in [-0.2, -0.15) is 0 Å². The molecule has 2 atom stereocenters. The van der Waals surface area contributed by atoms with Crippen LogP contribution in [-0.4, -0.2) is 90.0 Å². The van der Waals surface area contributed by atoms with E-state index < -0.39 is 48.7 Å². The van der Waals surface area contributed by atoms with Gasteiger partial charge in [-0.15, -0.1) is 45.3 Å². The molecule has 2 aromatic carbocycles. The number of nitrogens with two attached hydrogens (primary N) is 1. The fraction of sp³-hybridized carbons (Fsp3) is 0.431. The molecule has 7 rings (SSSR count). The summed E-state index contributed by atoms with van der Waals surface area (Å²) in [6.45, 7) is 13.9. The first-order chi connectivity index (χ1) is 37.4. The number of nitrogens with zero attached hydrogens (tertiary/aromatic N) is 2. The van der Waals surface area contributed by atoms with Crippen molar-refractivity contribution in [3.05, 3.63) is 149 Å². The Balaban J connectivity index is 0.000000301. The maximum absolute atomic E-state index is 13.9. The summed E-state index contributed by atoms with van der Waals surface area (Å²) in [5.74, 6) is -0.276. The second kappa shape index (κ2) is 31.3. The highest BCUT2D eigenvalue weighted by Gasteiger charge is 2.32. The van der Waals surface area contributed by atoms with Gasteiger partial charge in [0.05, 0.1) is 34.7 Å². The van der Waals surface area contributed by atoms with Crippen molar-refractivity contribution in [3.8, 4) is 11.1 Å². The predicted molar refractivity (Wildman–Crippen MR) is 309 cm³/mol. The number of alkyl carbamates (subject to hydrolysis) is 3. The van der Waals surface area contributed by atoms with Gasteiger partial charge in [0.25, 0.3) is 0 Å². The molecule has 77 heavy (non-hydrogen) atoms. The van der Waals surface area contributed by atoms with Crippen molar-refractivity contribution >= 4 is 75.4 Å². The van der Waals surface area contributed by atoms with Crippen LogP contribution in [0.15, 0.2) is 119 Å². The lowest BCUT2D eigenvalue weighted by atomic mass is 9.98. The first-order valence-corrected chi connectivity index (χ1v) is 29.2. The van der Waals surface area contributed by atoms with Crippen LogP contribution in [0.25, 0.3) is 11.1 Å². The molecule has 416 valence electrons. The highest BCUT2D eigenvalue weighted by atomic mass is 32.1. The highest BCUT2D eigenvalue weighted by Crippen LogP contribution is 2.44. The number of amides is 5. The van der Waals surface area contributed by atoms with E-state index in [1.165, 1.54) is 11.1 Å². The van der Waals surface area contributed by atoms with Gasteiger partial charge in [0.15, 0.2) is 0 Å². The number of hydrogen-bond donors (Lipinski definition) is 4. The summed E-state index contributed by atoms with van der Waals surface area (Å²) < 4.78 is 32.0. The predicted octanol–water partition coefficient (Wildman–Crippen LogP) is 12.9. The zero-order valence-corrected chi connectivity index (χ0v) is 48.2. The highest BCUT2D eigenvalue weighted by molar-refractivity contribution is 7.10. The number of alkyl halides is 1. The van der Waals surface area contributed by atoms with E-state index in [4.69, 9.17) is 21.3 Å². The average molecular weight is 1130 g/mol. The Kier molecular flexibility index (Phi) is 24.5. The number of nitrogens with one attached hydrogen (secondary N) is 3. The maximum atomic E-state index is 13.9. The Bertz CT molecular complexity index is 2600. The number of unbranched alkanes of at least 4 members (excludes halogenated alkanes) is 2. The molecule has 5 N–H and O–H groups in total. The lowest BCUT2D eigenvalue weighted by Crippen LogP contribution is -2.49. The molecule has 0 saturated heterocycles. The molecule has 0 unspecified atom stereocenters. The smallest absolute Gasteiger partial charge is 0.408 e. The minimum atomic E-state index is -1.00. The van der Waals surface area contributed by atoms with Crippen molar-refractivity contribution in [3.63, 3.8) is 0 Å². The third-order valence-corrected chi connectivity index (χ3v) is 15.2. The summed E-state index contributed by atoms with van der Waals surface area (Å²) in [4.78, 5) is 73.0. The number of thiophene rings is 4. The van der Waals surface area contributed by atoms with Crippen molar-refractivity contribution < 1.29 is 43.9 Å². The monoisotopic (exact) mass is 1130 g/mol. The molecule has 19 heteroatoms. The van der Waals surface area contributed by atoms with Crippen LogP contribution in [0.5, 0.6) is 0 Å². The van der Waals surface area contributed by atoms with Crippen LogP contribution in [-0.2, 0) is 50.0 Å². The van der Waals surface area contributed by atoms with Crippen LogP contribution in [0, 0.1) is 0 Å². The van der Waals surface area contributed by atoms with E-state index >= 15 is 0 Å². The standard InChI is InChI=1S/C36H41N3O5S2.C21H31N3O3S2.CH3F/c1-36(2,3)44-35(42)38-32(33(40)39(22-25-12-10-20-45-25)23-26-13-11-21-46-26)18-8-9-19-37-34(41)43-24-31-29-16-6-4-14-27(29)28-15-5-7-17-30(28)31;1-21(2,3)27-20(26)23-18(10-4-5-11-22)19(25)24(14-16-8-6-12-28-16)15-17-9-7-13-29-17;1-2/h4-7,10-17,20-21,31-32H,8-9,18-19,22-24H2,1-3H3,(H,37,41)(H,38,42);6-9,12-13,18H,4-5,10-11,14-15,22H2,1-3H3,(H,23,26);1H3/t32-;18-;/m00./s1/i;;1D. The minimum absolute atomic E-state index is 0.00449. The fourth-order valence-electron chi connectivity index (χ4n) is 8.45. The molecule has 14 nitrogen and oxygen atoms in total. The maximum Gasteiger partial charge on any atom is 0.408 e. The number of rotatable bonds is 23. The quantitative estimate of drug-likeness (QED) is 0.0358. The number of fused-ring (bicyclic) bond motifs is 3. The Morgan fingerprint density at radius 1 is 0.584 bits per heavy atom. The molecule has 4 aromatic heterocycles. The Hall–Kier alpha value is -6.12. The van der Waals surface area contributed by atoms with Crippen molar-refractivity contribution in [1.82, 2.24) is 25.8 Å². The normalized spacial score (nSPS) is 12.6. The van der Waals surface area contributed by atoms with E-state index in [1.807, 2.05) is 99.2 Å². The molecule has 1 aliphatic rings. The Morgan fingerprint density at radius 3 is 1.31 bits per heavy atom. The molecule has 0 bridgehead atoms. The molecular formula is C58H75FN6O8S4. The molecule has 0 saturated carbocycles. The van der Waals surface area contributed by atoms with Gasteiger partial charge in [0.1, 0.15) is 29.9 Å². The molecule has 5 amide bonds. The van der Waals surface area contributed by atoms with Crippen molar-refractivity contribution in [2.24, 2.45) is 5.73 Å². The lowest BCUT2D eigenvalue weighted by Gasteiger charge is -2.28. The van der Waals surface area contributed by atoms with E-state index in [2.05, 4.69) is 40.2 Å². The minimum Gasteiger partial charge on any atom is -0.449 e. The number of carbonyl (C=O) groups excluding carboxylic acids is 5. The van der Waals surface area contributed by atoms with E-state index in [9.17, 15) is 28.4 Å². The number of halogens is 1. The summed E-state index contributed by atoms with van der Waals surface area (Å²) in [7, 11) is -1.00. The molecule has 0 aliphatic heterocycles. The van der Waals surface area contributed by atoms with Crippen LogP contribution >= 0.6 is 45.3 Å². The number of ether oxygens (including phenoxy) is 3. The zero-order valence-electron chi connectivity index (χ0n) is 45.9. The zero-order chi connectivity index (χ0) is 56.5. The molecule has 1 aliphatic carbocycles. The SMILES string of the molecule is CC(C)(C)OC(=O)N[C@@H](CCCCN)C(=O)N(Cc1cccs1)Cc1cccs1.CC(C)(C)OC(=O)N[C@@H](CCCCNC(=O)OCC1c2ccccc2-c2ccccc21)C(=O)N(Cc1cccs1)Cc1cccs1.[2H]CF. The first-order valence-electron chi connectivity index (χ1n) is 26.4. The summed E-state index contributed by atoms with van der Waals surface area (Å²) in [6, 6.07) is 31.0. The number of carbonyl (C=O) groups is 5. The van der Waals surface area contributed by atoms with Gasteiger partial charge in [-0.1, -0.05) is 72.8 Å². The first kappa shape index (κ1) is 60.1. The van der Waals surface area contributed by atoms with E-state index in [1.54, 1.807) is 91.8 Å². The lowest BCUT2D eigenvalue weighted by molar-refractivity contribution is -0.135. The van der Waals surface area contributed by atoms with Gasteiger partial charge < -0.3 is 45.7 Å². The second-order valence-corrected chi connectivity index (χ2v) is 24.3. The van der Waals surface area contributed by atoms with E-state index in [0.717, 1.165) is 43.5 Å². The summed E-state index contributed by atoms with van der Waals surface area (Å²) in [6.07, 6.45) is 2.02. The van der Waals surface area contributed by atoms with Gasteiger partial charge >= 0.3 is 18.3 Å². The molecule has 4 heterocycles. The third-order valence-electron chi connectivity index (χ3n) is 11.8. The van der Waals surface area contributed by atoms with Crippen LogP contribution in [0.1, 0.15) is 118 Å². The van der Waals surface area contributed by atoms with Gasteiger partial charge in [-0.05, 0) is 155 Å². The van der Waals surface area contributed by atoms with Gasteiger partial charge in [0, 0.05) is 32.0 Å². The largest absolute Gasteiger partial charge is 0.449 e. The number of hydrogen-bond acceptors (Lipinski definition) is 13. The van der Waals surface area contributed by atoms with Crippen LogP contribution in [0.4, 0.5) is 18.8 Å². The topological polar surface area (TPSA) is 182 Å². The summed E-state index contributed by atoms with van der Waals surface area (Å²) >= 11 is 6.42. The van der Waals surface area contributed by atoms with Crippen molar-refractivity contribution in [1.29, 1.82) is 0 Å². The second-order valence-electron chi connectivity index (χ2n) is 20.1. The van der Waals surface area contributed by atoms with Gasteiger partial charge in [-0.25, -0.2) is 14.4 Å². The van der Waals surface area contributed by atoms with Gasteiger partial charge in [-0.3, -0.25) is 14.0 Å². The van der Waals surface area contributed by atoms with E-state index in [-0.39, 0.29) is 24.3 Å². The van der Waals surface area contributed by atoms with Crippen LogP contribution in [0.3, 0.4) is 0 Å². The van der Waals surface area contributed by atoms with Gasteiger partial charge in [0.2, 0.25) is 11.8 Å². The Labute approximate surface area is 470 Å².